The molecule has 31 heavy (non-hydrogen) atoms. The predicted octanol–water partition coefficient (Wildman–Crippen LogP) is 5.29. The third-order valence-electron chi connectivity index (χ3n) is 4.84. The summed E-state index contributed by atoms with van der Waals surface area (Å²) < 4.78 is 80.4. The van der Waals surface area contributed by atoms with Gasteiger partial charge in [-0.2, -0.15) is 26.3 Å². The molecule has 166 valence electrons. The number of nitrogens with zero attached hydrogens (tertiary/aromatic N) is 1. The molecular weight excluding hydrogens is 428 g/mol. The Bertz CT molecular complexity index is 967. The van der Waals surface area contributed by atoms with Crippen LogP contribution >= 0.6 is 0 Å². The van der Waals surface area contributed by atoms with Crippen molar-refractivity contribution in [2.45, 2.75) is 38.2 Å². The lowest BCUT2D eigenvalue weighted by Gasteiger charge is -2.29. The lowest BCUT2D eigenvalue weighted by molar-refractivity contribution is -0.171. The number of Topliss-reactive ketones (excluding diaryl/α,β-unsaturated/α-hetero) is 1. The number of hydrogen-bond acceptors (Lipinski definition) is 3. The molecule has 0 saturated heterocycles. The summed E-state index contributed by atoms with van der Waals surface area (Å²) in [6.45, 7) is 0.448. The Hall–Kier alpha value is -3.04. The molecule has 0 N–H and O–H groups in total. The Labute approximate surface area is 173 Å². The highest BCUT2D eigenvalue weighted by molar-refractivity contribution is 5.88. The van der Waals surface area contributed by atoms with E-state index in [0.29, 0.717) is 24.3 Å². The van der Waals surface area contributed by atoms with Crippen molar-refractivity contribution in [2.24, 2.45) is 0 Å². The predicted molar refractivity (Wildman–Crippen MR) is 97.4 cm³/mol. The van der Waals surface area contributed by atoms with Gasteiger partial charge in [0.15, 0.2) is 0 Å². The molecule has 0 fully saturated rings. The molecule has 0 saturated carbocycles. The Morgan fingerprint density at radius 1 is 0.871 bits per heavy atom. The first-order chi connectivity index (χ1) is 14.4. The summed E-state index contributed by atoms with van der Waals surface area (Å²) in [4.78, 5) is 24.6. The van der Waals surface area contributed by atoms with Gasteiger partial charge >= 0.3 is 12.4 Å². The Kier molecular flexibility index (Phi) is 6.28. The lowest BCUT2D eigenvalue weighted by Crippen LogP contribution is -2.36. The molecule has 0 spiro atoms. The van der Waals surface area contributed by atoms with Gasteiger partial charge in [0.05, 0.1) is 5.56 Å². The zero-order chi connectivity index (χ0) is 22.8. The largest absolute Gasteiger partial charge is 0.457 e. The summed E-state index contributed by atoms with van der Waals surface area (Å²) >= 11 is 0. The molecule has 1 amide bonds. The van der Waals surface area contributed by atoms with E-state index in [0.717, 1.165) is 17.7 Å². The van der Waals surface area contributed by atoms with Crippen LogP contribution in [0.5, 0.6) is 11.5 Å². The molecule has 1 heterocycles. The average molecular weight is 445 g/mol. The summed E-state index contributed by atoms with van der Waals surface area (Å²) in [7, 11) is 0. The number of benzene rings is 2. The summed E-state index contributed by atoms with van der Waals surface area (Å²) in [6, 6.07) is 9.23. The molecule has 10 heteroatoms. The fourth-order valence-electron chi connectivity index (χ4n) is 3.18. The monoisotopic (exact) mass is 445 g/mol. The Morgan fingerprint density at radius 2 is 1.52 bits per heavy atom. The summed E-state index contributed by atoms with van der Waals surface area (Å²) in [5.41, 5.74) is 0.838. The van der Waals surface area contributed by atoms with Crippen molar-refractivity contribution in [3.63, 3.8) is 0 Å². The highest BCUT2D eigenvalue weighted by atomic mass is 19.4. The normalized spacial score (nSPS) is 14.2. The number of rotatable bonds is 5. The standard InChI is InChI=1S/C21H17F6NO3/c22-20(23,24)15-2-5-16(6-3-15)31-17-4-1-13-9-10-28(12-14(13)11-17)19(30)8-7-18(29)21(25,26)27/h1-6,11H,7-10,12H2. The van der Waals surface area contributed by atoms with Crippen LogP contribution in [0, 0.1) is 0 Å². The average Bonchev–Trinajstić information content (AvgIpc) is 2.70. The Balaban J connectivity index is 1.64. The van der Waals surface area contributed by atoms with Crippen LogP contribution in [-0.2, 0) is 28.7 Å². The second-order valence-electron chi connectivity index (χ2n) is 7.04. The number of fused-ring (bicyclic) bond motifs is 1. The maximum Gasteiger partial charge on any atom is 0.449 e. The van der Waals surface area contributed by atoms with E-state index in [1.165, 1.54) is 17.0 Å². The van der Waals surface area contributed by atoms with Crippen molar-refractivity contribution < 1.29 is 40.7 Å². The van der Waals surface area contributed by atoms with Crippen LogP contribution in [0.15, 0.2) is 42.5 Å². The second-order valence-corrected chi connectivity index (χ2v) is 7.04. The van der Waals surface area contributed by atoms with Gasteiger partial charge in [0.25, 0.3) is 0 Å². The van der Waals surface area contributed by atoms with Gasteiger partial charge in [-0.25, -0.2) is 0 Å². The highest BCUT2D eigenvalue weighted by Gasteiger charge is 2.38. The maximum absolute atomic E-state index is 12.6. The molecule has 2 aromatic rings. The van der Waals surface area contributed by atoms with Crippen molar-refractivity contribution in [1.29, 1.82) is 0 Å². The molecule has 0 aliphatic carbocycles. The van der Waals surface area contributed by atoms with Crippen molar-refractivity contribution in [3.8, 4) is 11.5 Å². The molecule has 0 atom stereocenters. The molecule has 0 aromatic heterocycles. The van der Waals surface area contributed by atoms with Gasteiger partial charge < -0.3 is 9.64 Å². The first kappa shape index (κ1) is 22.6. The van der Waals surface area contributed by atoms with Crippen molar-refractivity contribution in [2.75, 3.05) is 6.54 Å². The second kappa shape index (κ2) is 8.60. The van der Waals surface area contributed by atoms with Crippen molar-refractivity contribution in [1.82, 2.24) is 4.90 Å². The molecule has 0 bridgehead atoms. The lowest BCUT2D eigenvalue weighted by atomic mass is 9.99. The van der Waals surface area contributed by atoms with E-state index in [4.69, 9.17) is 4.74 Å². The molecule has 0 unspecified atom stereocenters. The van der Waals surface area contributed by atoms with Crippen molar-refractivity contribution >= 4 is 11.7 Å². The number of ether oxygens (including phenoxy) is 1. The van der Waals surface area contributed by atoms with Crippen molar-refractivity contribution in [3.05, 3.63) is 59.2 Å². The van der Waals surface area contributed by atoms with E-state index in [9.17, 15) is 35.9 Å². The zero-order valence-corrected chi connectivity index (χ0v) is 16.0. The van der Waals surface area contributed by atoms with E-state index in [-0.39, 0.29) is 12.3 Å². The van der Waals surface area contributed by atoms with Crippen LogP contribution in [0.25, 0.3) is 0 Å². The van der Waals surface area contributed by atoms with Gasteiger partial charge in [-0.05, 0) is 53.9 Å². The number of carbonyl (C=O) groups is 2. The molecule has 2 aromatic carbocycles. The number of ketones is 1. The quantitative estimate of drug-likeness (QED) is 0.588. The van der Waals surface area contributed by atoms with E-state index >= 15 is 0 Å². The molecular formula is C21H17F6NO3. The third-order valence-corrected chi connectivity index (χ3v) is 4.84. The van der Waals surface area contributed by atoms with Crippen LogP contribution in [0.3, 0.4) is 0 Å². The SMILES string of the molecule is O=C(CCC(=O)C(F)(F)F)N1CCc2ccc(Oc3ccc(C(F)(F)F)cc3)cc2C1. The number of amides is 1. The molecule has 0 radical (unpaired) electrons. The fraction of sp³-hybridized carbons (Fsp3) is 0.333. The number of hydrogen-bond donors (Lipinski definition) is 0. The maximum atomic E-state index is 12.6. The molecule has 1 aliphatic rings. The number of carbonyl (C=O) groups excluding carboxylic acids is 2. The third kappa shape index (κ3) is 5.77. The number of alkyl halides is 6. The van der Waals surface area contributed by atoms with Crippen LogP contribution in [0.4, 0.5) is 26.3 Å². The zero-order valence-electron chi connectivity index (χ0n) is 16.0. The van der Waals surface area contributed by atoms with Crippen LogP contribution in [0.1, 0.15) is 29.5 Å². The minimum atomic E-state index is -4.96. The van der Waals surface area contributed by atoms with Crippen LogP contribution in [-0.4, -0.2) is 29.3 Å². The smallest absolute Gasteiger partial charge is 0.449 e. The van der Waals surface area contributed by atoms with Gasteiger partial charge in [-0.1, -0.05) is 6.07 Å². The van der Waals surface area contributed by atoms with E-state index in [1.54, 1.807) is 18.2 Å². The van der Waals surface area contributed by atoms with Gasteiger partial charge in [-0.15, -0.1) is 0 Å². The first-order valence-corrected chi connectivity index (χ1v) is 9.28. The Morgan fingerprint density at radius 3 is 2.13 bits per heavy atom. The van der Waals surface area contributed by atoms with Gasteiger partial charge in [0, 0.05) is 25.9 Å². The van der Waals surface area contributed by atoms with E-state index in [2.05, 4.69) is 0 Å². The molecule has 1 aliphatic heterocycles. The summed E-state index contributed by atoms with van der Waals surface area (Å²) in [5.74, 6) is -1.95. The number of halogens is 6. The minimum absolute atomic E-state index is 0.137. The van der Waals surface area contributed by atoms with Crippen LogP contribution in [0.2, 0.25) is 0 Å². The highest BCUT2D eigenvalue weighted by Crippen LogP contribution is 2.32. The summed E-state index contributed by atoms with van der Waals surface area (Å²) in [5, 5.41) is 0. The van der Waals surface area contributed by atoms with E-state index in [1.807, 2.05) is 0 Å². The van der Waals surface area contributed by atoms with Gasteiger partial charge in [-0.3, -0.25) is 9.59 Å². The fourth-order valence-corrected chi connectivity index (χ4v) is 3.18. The summed E-state index contributed by atoms with van der Waals surface area (Å²) in [6.07, 6.45) is -10.4. The first-order valence-electron chi connectivity index (χ1n) is 9.28. The molecule has 4 nitrogen and oxygen atoms in total. The van der Waals surface area contributed by atoms with E-state index < -0.39 is 42.4 Å². The minimum Gasteiger partial charge on any atom is -0.457 e. The topological polar surface area (TPSA) is 46.6 Å². The van der Waals surface area contributed by atoms with Gasteiger partial charge in [0.2, 0.25) is 11.7 Å². The van der Waals surface area contributed by atoms with Crippen LogP contribution < -0.4 is 4.74 Å². The molecule has 3 rings (SSSR count). The van der Waals surface area contributed by atoms with Gasteiger partial charge in [0.1, 0.15) is 11.5 Å².